The number of hydrogen-bond acceptors (Lipinski definition) is 7. The Hall–Kier alpha value is -3.80. The molecule has 3 heterocycles. The Bertz CT molecular complexity index is 1570. The largest absolute Gasteiger partial charge is 0.464 e. The Morgan fingerprint density at radius 3 is 2.35 bits per heavy atom. The average molecular weight is 719 g/mol. The van der Waals surface area contributed by atoms with Crippen molar-refractivity contribution in [2.45, 2.75) is 117 Å². The molecule has 3 N–H and O–H groups in total. The number of aryl methyl sites for hydroxylation is 1. The van der Waals surface area contributed by atoms with Crippen LogP contribution in [0.4, 0.5) is 0 Å². The lowest BCUT2D eigenvalue weighted by molar-refractivity contribution is -0.153. The van der Waals surface area contributed by atoms with Crippen LogP contribution in [0.15, 0.2) is 54.6 Å². The number of esters is 1. The molecule has 278 valence electrons. The molecule has 0 aromatic heterocycles. The first kappa shape index (κ1) is 40.0. The minimum Gasteiger partial charge on any atom is -0.464 e. The summed E-state index contributed by atoms with van der Waals surface area (Å²) in [6.45, 7) is 19.0. The van der Waals surface area contributed by atoms with E-state index in [0.29, 0.717) is 25.8 Å². The second-order valence-electron chi connectivity index (χ2n) is 15.9. The van der Waals surface area contributed by atoms with Crippen molar-refractivity contribution in [3.05, 3.63) is 76.9 Å². The topological polar surface area (TPSA) is 126 Å². The average Bonchev–Trinajstić information content (AvgIpc) is 3.07. The summed E-state index contributed by atoms with van der Waals surface area (Å²) in [4.78, 5) is 55.4. The third kappa shape index (κ3) is 10.6. The van der Waals surface area contributed by atoms with E-state index in [1.54, 1.807) is 0 Å². The van der Waals surface area contributed by atoms with Gasteiger partial charge in [0.2, 0.25) is 11.8 Å². The van der Waals surface area contributed by atoms with Crippen molar-refractivity contribution in [3.8, 4) is 0 Å². The number of hydrazine groups is 1. The van der Waals surface area contributed by atoms with Gasteiger partial charge in [-0.2, -0.15) is 0 Å². The first-order valence-electron chi connectivity index (χ1n) is 18.3. The molecule has 51 heavy (non-hydrogen) atoms. The van der Waals surface area contributed by atoms with Crippen molar-refractivity contribution in [2.75, 3.05) is 13.2 Å². The first-order valence-corrected chi connectivity index (χ1v) is 21.2. The summed E-state index contributed by atoms with van der Waals surface area (Å²) in [5.74, 6) is -2.44. The van der Waals surface area contributed by atoms with Gasteiger partial charge in [-0.25, -0.2) is 5.43 Å². The van der Waals surface area contributed by atoms with Gasteiger partial charge in [-0.3, -0.25) is 24.2 Å². The summed E-state index contributed by atoms with van der Waals surface area (Å²) < 4.78 is 12.5. The Balaban J connectivity index is 1.71. The van der Waals surface area contributed by atoms with Crippen molar-refractivity contribution in [3.63, 3.8) is 0 Å². The second kappa shape index (κ2) is 17.1. The molecule has 3 aliphatic rings. The van der Waals surface area contributed by atoms with E-state index >= 15 is 0 Å². The predicted octanol–water partition coefficient (Wildman–Crippen LogP) is 6.02. The summed E-state index contributed by atoms with van der Waals surface area (Å²) in [6, 6.07) is 13.2. The number of benzene rings is 2. The van der Waals surface area contributed by atoms with E-state index in [4.69, 9.17) is 9.16 Å². The molecule has 0 spiro atoms. The highest BCUT2D eigenvalue weighted by Gasteiger charge is 2.42. The van der Waals surface area contributed by atoms with Crippen LogP contribution in [0, 0.1) is 18.8 Å². The van der Waals surface area contributed by atoms with Crippen LogP contribution in [-0.4, -0.2) is 68.3 Å². The number of carbonyl (C=O) groups excluding carboxylic acids is 4. The molecule has 1 saturated heterocycles. The molecule has 5 atom stereocenters. The maximum absolute atomic E-state index is 14.1. The fraction of sp³-hybridized carbons (Fsp3) is 0.550. The van der Waals surface area contributed by atoms with Gasteiger partial charge in [0.1, 0.15) is 18.1 Å². The van der Waals surface area contributed by atoms with Crippen molar-refractivity contribution in [1.82, 2.24) is 21.1 Å². The van der Waals surface area contributed by atoms with Crippen molar-refractivity contribution >= 4 is 38.1 Å². The van der Waals surface area contributed by atoms with Crippen LogP contribution < -0.4 is 16.1 Å². The zero-order chi connectivity index (χ0) is 37.5. The Morgan fingerprint density at radius 1 is 1.00 bits per heavy atom. The summed E-state index contributed by atoms with van der Waals surface area (Å²) in [7, 11) is -2.34. The molecule has 2 aromatic rings. The number of nitrogens with zero attached hydrogens (tertiary/aromatic N) is 1. The number of carbonyl (C=O) groups is 4. The quantitative estimate of drug-likeness (QED) is 0.255. The number of fused-ring (bicyclic) bond motifs is 14. The molecule has 4 bridgehead atoms. The van der Waals surface area contributed by atoms with Crippen LogP contribution in [-0.2, 0) is 34.8 Å². The van der Waals surface area contributed by atoms with Gasteiger partial charge in [-0.05, 0) is 66.9 Å². The Kier molecular flexibility index (Phi) is 13.4. The van der Waals surface area contributed by atoms with Crippen LogP contribution in [0.1, 0.15) is 89.2 Å². The van der Waals surface area contributed by atoms with E-state index in [9.17, 15) is 19.2 Å². The lowest BCUT2D eigenvalue weighted by atomic mass is 9.94. The summed E-state index contributed by atoms with van der Waals surface area (Å²) >= 11 is 0. The smallest absolute Gasteiger partial charge is 0.324 e. The molecule has 0 radical (unpaired) electrons. The normalized spacial score (nSPS) is 25.4. The number of ether oxygens (including phenoxy) is 1. The van der Waals surface area contributed by atoms with E-state index in [-0.39, 0.29) is 35.8 Å². The number of hydrogen-bond donors (Lipinski definition) is 3. The zero-order valence-corrected chi connectivity index (χ0v) is 32.9. The van der Waals surface area contributed by atoms with Gasteiger partial charge in [-0.15, -0.1) is 0 Å². The van der Waals surface area contributed by atoms with Gasteiger partial charge in [0, 0.05) is 13.0 Å². The molecule has 10 nitrogen and oxygen atoms in total. The molecule has 3 aliphatic heterocycles. The van der Waals surface area contributed by atoms with Crippen molar-refractivity contribution in [2.24, 2.45) is 11.8 Å². The Morgan fingerprint density at radius 2 is 1.71 bits per heavy atom. The molecule has 5 rings (SSSR count). The molecular formula is C40H58N4O6Si. The van der Waals surface area contributed by atoms with Crippen molar-refractivity contribution < 1.29 is 28.3 Å². The maximum Gasteiger partial charge on any atom is 0.324 e. The number of amides is 3. The van der Waals surface area contributed by atoms with Crippen LogP contribution >= 0.6 is 0 Å². The highest BCUT2D eigenvalue weighted by atomic mass is 28.4. The minimum absolute atomic E-state index is 0.0986. The van der Waals surface area contributed by atoms with Crippen molar-refractivity contribution in [1.29, 1.82) is 0 Å². The van der Waals surface area contributed by atoms with E-state index in [0.717, 1.165) is 22.3 Å². The van der Waals surface area contributed by atoms with Gasteiger partial charge < -0.3 is 19.8 Å². The lowest BCUT2D eigenvalue weighted by Gasteiger charge is -2.41. The van der Waals surface area contributed by atoms with E-state index in [1.165, 1.54) is 5.01 Å². The van der Waals surface area contributed by atoms with Gasteiger partial charge in [-0.1, -0.05) is 108 Å². The fourth-order valence-corrected chi connectivity index (χ4v) is 7.42. The highest BCUT2D eigenvalue weighted by Crippen LogP contribution is 2.42. The number of rotatable bonds is 5. The van der Waals surface area contributed by atoms with Crippen LogP contribution in [0.2, 0.25) is 18.1 Å². The highest BCUT2D eigenvalue weighted by molar-refractivity contribution is 6.74. The van der Waals surface area contributed by atoms with Gasteiger partial charge in [0.15, 0.2) is 8.32 Å². The molecular weight excluding hydrogens is 661 g/mol. The summed E-state index contributed by atoms with van der Waals surface area (Å²) in [5.41, 5.74) is 6.82. The van der Waals surface area contributed by atoms with Crippen LogP contribution in [0.25, 0.3) is 6.08 Å². The van der Waals surface area contributed by atoms with E-state index in [1.807, 2.05) is 88.4 Å². The van der Waals surface area contributed by atoms with Gasteiger partial charge in [0.25, 0.3) is 5.91 Å². The molecule has 0 saturated carbocycles. The molecule has 11 heteroatoms. The molecule has 0 unspecified atom stereocenters. The SMILES string of the molecule is Cc1cccc(C[C@@H]2NC(=O)[C@H](C(C)C)NC(=O)[C@H](C)[C@H](O[Si](C)(C)C(C)(C)C)c3ccc(cc3)/C=C/CCOC(=O)[C@@H]3CCCN(N3)C2=O)c1. The number of nitrogens with one attached hydrogen (secondary N) is 3. The molecule has 3 amide bonds. The fourth-order valence-electron chi connectivity index (χ4n) is 6.09. The lowest BCUT2D eigenvalue weighted by Crippen LogP contribution is -2.62. The van der Waals surface area contributed by atoms with Crippen LogP contribution in [0.5, 0.6) is 0 Å². The van der Waals surface area contributed by atoms with Gasteiger partial charge >= 0.3 is 5.97 Å². The molecule has 1 fully saturated rings. The Labute approximate surface area is 305 Å². The standard InChI is InChI=1S/C40H58N4O6Si/c1-26(2)34-37(46)41-33(25-30-16-12-14-27(3)24-30)38(47)44-22-13-17-32(43-44)39(48)49-23-11-10-15-29-18-20-31(21-19-29)35(28(4)36(45)42-34)50-51(8,9)40(5,6)7/h10,12,14-16,18-21,24,26,28,32-35,43H,11,13,17,22-23,25H2,1-9H3,(H,41,46)(H,42,45)/b15-10+/t28-,32+,33+,34+,35+/m1/s1. The van der Waals surface area contributed by atoms with Gasteiger partial charge in [0.05, 0.1) is 18.6 Å². The van der Waals surface area contributed by atoms with E-state index in [2.05, 4.69) is 49.9 Å². The van der Waals surface area contributed by atoms with Crippen LogP contribution in [0.3, 0.4) is 0 Å². The minimum atomic E-state index is -2.34. The first-order chi connectivity index (χ1) is 24.0. The molecule has 2 aromatic carbocycles. The second-order valence-corrected chi connectivity index (χ2v) is 20.7. The third-order valence-electron chi connectivity index (χ3n) is 10.3. The third-order valence-corrected chi connectivity index (χ3v) is 14.8. The predicted molar refractivity (Wildman–Crippen MR) is 203 cm³/mol. The molecule has 0 aliphatic carbocycles. The summed E-state index contributed by atoms with van der Waals surface area (Å²) in [5, 5.41) is 7.35. The summed E-state index contributed by atoms with van der Waals surface area (Å²) in [6.07, 6.45) is 5.27. The van der Waals surface area contributed by atoms with E-state index < -0.39 is 50.3 Å². The zero-order valence-electron chi connectivity index (χ0n) is 31.9. The maximum atomic E-state index is 14.1. The monoisotopic (exact) mass is 718 g/mol.